The van der Waals surface area contributed by atoms with Crippen LogP contribution < -0.4 is 10.6 Å². The molecule has 5 nitrogen and oxygen atoms in total. The van der Waals surface area contributed by atoms with Gasteiger partial charge in [-0.05, 0) is 30.7 Å². The van der Waals surface area contributed by atoms with E-state index in [1.165, 1.54) is 6.92 Å². The molecule has 1 aromatic rings. The molecule has 1 aromatic carbocycles. The Morgan fingerprint density at radius 1 is 1.44 bits per heavy atom. The van der Waals surface area contributed by atoms with Gasteiger partial charge in [-0.25, -0.2) is 4.79 Å². The first-order valence-electron chi connectivity index (χ1n) is 5.40. The Morgan fingerprint density at radius 3 is 2.61 bits per heavy atom. The highest BCUT2D eigenvalue weighted by Crippen LogP contribution is 2.19. The topological polar surface area (TPSA) is 78.4 Å². The Hall–Kier alpha value is -1.75. The third-order valence-corrected chi connectivity index (χ3v) is 2.60. The van der Waals surface area contributed by atoms with E-state index in [0.717, 1.165) is 11.3 Å². The van der Waals surface area contributed by atoms with Crippen LogP contribution in [0.4, 0.5) is 5.69 Å². The molecule has 0 saturated heterocycles. The molecule has 0 saturated carbocycles. The molecule has 1 rings (SSSR count). The second-order valence-electron chi connectivity index (χ2n) is 3.93. The van der Waals surface area contributed by atoms with E-state index in [4.69, 9.17) is 16.7 Å². The fourth-order valence-electron chi connectivity index (χ4n) is 1.48. The van der Waals surface area contributed by atoms with Crippen LogP contribution in [0, 0.1) is 6.92 Å². The third kappa shape index (κ3) is 4.25. The molecule has 0 aliphatic carbocycles. The lowest BCUT2D eigenvalue weighted by Crippen LogP contribution is -2.44. The normalized spacial score (nSPS) is 11.7. The van der Waals surface area contributed by atoms with Crippen LogP contribution in [-0.4, -0.2) is 29.6 Å². The summed E-state index contributed by atoms with van der Waals surface area (Å²) in [5.74, 6) is -1.46. The molecule has 1 unspecified atom stereocenters. The number of aliphatic carboxylic acids is 1. The maximum absolute atomic E-state index is 10.9. The first-order valence-corrected chi connectivity index (χ1v) is 5.78. The van der Waals surface area contributed by atoms with Gasteiger partial charge in [-0.3, -0.25) is 4.79 Å². The predicted molar refractivity (Wildman–Crippen MR) is 69.9 cm³/mol. The molecule has 1 amide bonds. The van der Waals surface area contributed by atoms with Crippen molar-refractivity contribution in [3.63, 3.8) is 0 Å². The number of carboxylic acid groups (broad SMARTS) is 1. The van der Waals surface area contributed by atoms with E-state index in [1.807, 2.05) is 6.92 Å². The SMILES string of the molecule is CC(=O)NC(CNc1ccc(Cl)cc1C)C(=O)O. The van der Waals surface area contributed by atoms with E-state index in [9.17, 15) is 9.59 Å². The monoisotopic (exact) mass is 270 g/mol. The summed E-state index contributed by atoms with van der Waals surface area (Å²) in [5, 5.41) is 14.9. The summed E-state index contributed by atoms with van der Waals surface area (Å²) in [6, 6.07) is 4.30. The molecule has 1 atom stereocenters. The van der Waals surface area contributed by atoms with Crippen LogP contribution in [-0.2, 0) is 9.59 Å². The molecule has 0 aliphatic heterocycles. The van der Waals surface area contributed by atoms with E-state index >= 15 is 0 Å². The Labute approximate surface area is 110 Å². The van der Waals surface area contributed by atoms with Crippen molar-refractivity contribution >= 4 is 29.2 Å². The molecule has 0 spiro atoms. The van der Waals surface area contributed by atoms with Crippen LogP contribution in [0.2, 0.25) is 5.02 Å². The molecule has 0 heterocycles. The van der Waals surface area contributed by atoms with Crippen molar-refractivity contribution in [3.8, 4) is 0 Å². The van der Waals surface area contributed by atoms with Gasteiger partial charge in [0.1, 0.15) is 6.04 Å². The Kier molecular flexibility index (Phi) is 4.97. The fourth-order valence-corrected chi connectivity index (χ4v) is 1.71. The van der Waals surface area contributed by atoms with Crippen LogP contribution in [0.25, 0.3) is 0 Å². The summed E-state index contributed by atoms with van der Waals surface area (Å²) >= 11 is 5.82. The molecule has 0 aromatic heterocycles. The van der Waals surface area contributed by atoms with Crippen molar-refractivity contribution in [3.05, 3.63) is 28.8 Å². The minimum Gasteiger partial charge on any atom is -0.480 e. The van der Waals surface area contributed by atoms with E-state index in [1.54, 1.807) is 18.2 Å². The fraction of sp³-hybridized carbons (Fsp3) is 0.333. The van der Waals surface area contributed by atoms with Crippen molar-refractivity contribution < 1.29 is 14.7 Å². The average molecular weight is 271 g/mol. The summed E-state index contributed by atoms with van der Waals surface area (Å²) in [7, 11) is 0. The van der Waals surface area contributed by atoms with Crippen LogP contribution in [0.5, 0.6) is 0 Å². The Morgan fingerprint density at radius 2 is 2.11 bits per heavy atom. The molecule has 0 bridgehead atoms. The minimum absolute atomic E-state index is 0.109. The summed E-state index contributed by atoms with van der Waals surface area (Å²) < 4.78 is 0. The van der Waals surface area contributed by atoms with Crippen LogP contribution >= 0.6 is 11.6 Å². The molecule has 6 heteroatoms. The quantitative estimate of drug-likeness (QED) is 0.760. The van der Waals surface area contributed by atoms with E-state index in [-0.39, 0.29) is 12.5 Å². The number of nitrogens with one attached hydrogen (secondary N) is 2. The van der Waals surface area contributed by atoms with Crippen molar-refractivity contribution in [2.45, 2.75) is 19.9 Å². The highest BCUT2D eigenvalue weighted by Gasteiger charge is 2.17. The van der Waals surface area contributed by atoms with Crippen LogP contribution in [0.1, 0.15) is 12.5 Å². The lowest BCUT2D eigenvalue weighted by atomic mass is 10.2. The van der Waals surface area contributed by atoms with Crippen molar-refractivity contribution in [2.75, 3.05) is 11.9 Å². The molecular weight excluding hydrogens is 256 g/mol. The zero-order valence-electron chi connectivity index (χ0n) is 10.2. The Bertz CT molecular complexity index is 463. The van der Waals surface area contributed by atoms with Gasteiger partial charge in [0, 0.05) is 24.2 Å². The third-order valence-electron chi connectivity index (χ3n) is 2.36. The Balaban J connectivity index is 2.66. The van der Waals surface area contributed by atoms with Crippen molar-refractivity contribution in [1.29, 1.82) is 0 Å². The minimum atomic E-state index is -1.08. The second kappa shape index (κ2) is 6.26. The molecule has 0 radical (unpaired) electrons. The van der Waals surface area contributed by atoms with Crippen LogP contribution in [0.3, 0.4) is 0 Å². The number of aryl methyl sites for hydroxylation is 1. The molecular formula is C12H15ClN2O3. The van der Waals surface area contributed by atoms with E-state index in [2.05, 4.69) is 10.6 Å². The van der Waals surface area contributed by atoms with Gasteiger partial charge in [0.2, 0.25) is 5.91 Å². The maximum atomic E-state index is 10.9. The summed E-state index contributed by atoms with van der Waals surface area (Å²) in [5.41, 5.74) is 1.70. The van der Waals surface area contributed by atoms with Gasteiger partial charge in [0.25, 0.3) is 0 Å². The summed E-state index contributed by atoms with van der Waals surface area (Å²) in [6.45, 7) is 3.25. The van der Waals surface area contributed by atoms with Gasteiger partial charge in [-0.15, -0.1) is 0 Å². The van der Waals surface area contributed by atoms with Crippen LogP contribution in [0.15, 0.2) is 18.2 Å². The molecule has 0 aliphatic rings. The van der Waals surface area contributed by atoms with Gasteiger partial charge in [0.15, 0.2) is 0 Å². The smallest absolute Gasteiger partial charge is 0.328 e. The standard InChI is InChI=1S/C12H15ClN2O3/c1-7-5-9(13)3-4-10(7)14-6-11(12(17)18)15-8(2)16/h3-5,11,14H,6H2,1-2H3,(H,15,16)(H,17,18). The number of carboxylic acids is 1. The van der Waals surface area contributed by atoms with Gasteiger partial charge in [0.05, 0.1) is 0 Å². The van der Waals surface area contributed by atoms with Gasteiger partial charge >= 0.3 is 5.97 Å². The van der Waals surface area contributed by atoms with Crippen molar-refractivity contribution in [2.24, 2.45) is 0 Å². The number of benzene rings is 1. The van der Waals surface area contributed by atoms with E-state index < -0.39 is 12.0 Å². The number of hydrogen-bond donors (Lipinski definition) is 3. The zero-order chi connectivity index (χ0) is 13.7. The number of carbonyl (C=O) groups excluding carboxylic acids is 1. The summed E-state index contributed by atoms with van der Waals surface area (Å²) in [4.78, 5) is 21.8. The molecule has 98 valence electrons. The number of amides is 1. The number of anilines is 1. The molecule has 18 heavy (non-hydrogen) atoms. The average Bonchev–Trinajstić information content (AvgIpc) is 2.25. The second-order valence-corrected chi connectivity index (χ2v) is 4.37. The van der Waals surface area contributed by atoms with Gasteiger partial charge < -0.3 is 15.7 Å². The van der Waals surface area contributed by atoms with Gasteiger partial charge in [-0.1, -0.05) is 11.6 Å². The highest BCUT2D eigenvalue weighted by atomic mass is 35.5. The summed E-state index contributed by atoms with van der Waals surface area (Å²) in [6.07, 6.45) is 0. The maximum Gasteiger partial charge on any atom is 0.328 e. The first kappa shape index (κ1) is 14.3. The molecule has 0 fully saturated rings. The number of carbonyl (C=O) groups is 2. The zero-order valence-corrected chi connectivity index (χ0v) is 10.9. The van der Waals surface area contributed by atoms with Crippen molar-refractivity contribution in [1.82, 2.24) is 5.32 Å². The lowest BCUT2D eigenvalue weighted by Gasteiger charge is -2.16. The number of hydrogen-bond acceptors (Lipinski definition) is 3. The first-order chi connectivity index (χ1) is 8.40. The molecule has 3 N–H and O–H groups in total. The highest BCUT2D eigenvalue weighted by molar-refractivity contribution is 6.30. The number of rotatable bonds is 5. The lowest BCUT2D eigenvalue weighted by molar-refractivity contribution is -0.141. The number of halogens is 1. The largest absolute Gasteiger partial charge is 0.480 e. The van der Waals surface area contributed by atoms with E-state index in [0.29, 0.717) is 5.02 Å². The predicted octanol–water partition coefficient (Wildman–Crippen LogP) is 1.65. The van der Waals surface area contributed by atoms with Gasteiger partial charge in [-0.2, -0.15) is 0 Å².